The number of anilines is 2. The molecule has 4 N–H and O–H groups in total. The van der Waals surface area contributed by atoms with Crippen molar-refractivity contribution in [3.63, 3.8) is 0 Å². The number of hydrogen-bond donors (Lipinski definition) is 3. The van der Waals surface area contributed by atoms with Crippen molar-refractivity contribution < 1.29 is 31.9 Å². The van der Waals surface area contributed by atoms with Crippen molar-refractivity contribution in [3.8, 4) is 5.75 Å². The highest BCUT2D eigenvalue weighted by atomic mass is 19.4. The number of ether oxygens (including phenoxy) is 1. The lowest BCUT2D eigenvalue weighted by atomic mass is 10.1. The van der Waals surface area contributed by atoms with Crippen LogP contribution in [0.15, 0.2) is 36.4 Å². The minimum absolute atomic E-state index is 0.00658. The van der Waals surface area contributed by atoms with Gasteiger partial charge < -0.3 is 21.1 Å². The molecule has 156 valence electrons. The van der Waals surface area contributed by atoms with Gasteiger partial charge in [0, 0.05) is 24.3 Å². The second-order valence-electron chi connectivity index (χ2n) is 6.10. The maximum atomic E-state index is 13.4. The number of hydrogen-bond acceptors (Lipinski definition) is 4. The van der Waals surface area contributed by atoms with Crippen LogP contribution in [0, 0.1) is 5.82 Å². The van der Waals surface area contributed by atoms with Crippen molar-refractivity contribution in [2.75, 3.05) is 18.2 Å². The zero-order chi connectivity index (χ0) is 21.6. The third-order valence-corrected chi connectivity index (χ3v) is 3.91. The molecule has 0 spiro atoms. The fourth-order valence-corrected chi connectivity index (χ4v) is 2.44. The smallest absolute Gasteiger partial charge is 0.389 e. The third-order valence-electron chi connectivity index (χ3n) is 3.91. The van der Waals surface area contributed by atoms with Gasteiger partial charge in [0.05, 0.1) is 19.1 Å². The quantitative estimate of drug-likeness (QED) is 0.477. The summed E-state index contributed by atoms with van der Waals surface area (Å²) in [6.07, 6.45) is -6.33. The number of nitrogen functional groups attached to an aromatic ring is 1. The molecule has 10 heteroatoms. The molecule has 0 saturated heterocycles. The maximum Gasteiger partial charge on any atom is 0.389 e. The molecule has 2 aromatic carbocycles. The minimum atomic E-state index is -4.41. The van der Waals surface area contributed by atoms with Gasteiger partial charge in [-0.3, -0.25) is 9.59 Å². The van der Waals surface area contributed by atoms with Gasteiger partial charge >= 0.3 is 6.18 Å². The summed E-state index contributed by atoms with van der Waals surface area (Å²) >= 11 is 0. The van der Waals surface area contributed by atoms with Crippen LogP contribution in [0.5, 0.6) is 5.75 Å². The molecule has 0 atom stereocenters. The molecular formula is C19H19F4N3O3. The highest BCUT2D eigenvalue weighted by molar-refractivity contribution is 5.97. The van der Waals surface area contributed by atoms with Crippen molar-refractivity contribution in [2.45, 2.75) is 25.6 Å². The number of nitrogens with two attached hydrogens (primary N) is 1. The fraction of sp³-hybridized carbons (Fsp3) is 0.263. The van der Waals surface area contributed by atoms with Gasteiger partial charge in [0.2, 0.25) is 5.91 Å². The number of alkyl halides is 3. The lowest BCUT2D eigenvalue weighted by Crippen LogP contribution is -2.24. The van der Waals surface area contributed by atoms with Gasteiger partial charge in [-0.15, -0.1) is 0 Å². The molecular weight excluding hydrogens is 394 g/mol. The fourth-order valence-electron chi connectivity index (χ4n) is 2.44. The highest BCUT2D eigenvalue weighted by Crippen LogP contribution is 2.23. The zero-order valence-electron chi connectivity index (χ0n) is 15.4. The molecule has 6 nitrogen and oxygen atoms in total. The standard InChI is InChI=1S/C19H19F4N3O3/c1-29-16-5-3-12(20)8-14(16)18(28)25-10-11-2-4-13(9-15(11)24)26-17(27)6-7-19(21,22)23/h2-5,8-9H,6-7,10,24H2,1H3,(H,25,28)(H,26,27). The van der Waals surface area contributed by atoms with Crippen LogP contribution >= 0.6 is 0 Å². The van der Waals surface area contributed by atoms with E-state index >= 15 is 0 Å². The van der Waals surface area contributed by atoms with E-state index in [0.717, 1.165) is 12.1 Å². The number of benzene rings is 2. The van der Waals surface area contributed by atoms with Crippen LogP contribution in [0.3, 0.4) is 0 Å². The number of amides is 2. The summed E-state index contributed by atoms with van der Waals surface area (Å²) in [5.74, 6) is -1.76. The number of rotatable bonds is 7. The van der Waals surface area contributed by atoms with E-state index in [1.807, 2.05) is 0 Å². The normalized spacial score (nSPS) is 11.1. The molecule has 0 aromatic heterocycles. The van der Waals surface area contributed by atoms with E-state index in [1.165, 1.54) is 31.4 Å². The predicted molar refractivity (Wildman–Crippen MR) is 98.9 cm³/mol. The number of methoxy groups -OCH3 is 1. The van der Waals surface area contributed by atoms with E-state index < -0.39 is 36.6 Å². The first-order valence-electron chi connectivity index (χ1n) is 8.46. The Hall–Kier alpha value is -3.30. The predicted octanol–water partition coefficient (Wildman–Crippen LogP) is 3.63. The molecule has 0 aliphatic rings. The van der Waals surface area contributed by atoms with E-state index in [4.69, 9.17) is 10.5 Å². The molecule has 0 bridgehead atoms. The van der Waals surface area contributed by atoms with E-state index in [0.29, 0.717) is 5.56 Å². The van der Waals surface area contributed by atoms with E-state index in [2.05, 4.69) is 10.6 Å². The van der Waals surface area contributed by atoms with Crippen LogP contribution in [0.1, 0.15) is 28.8 Å². The lowest BCUT2D eigenvalue weighted by molar-refractivity contribution is -0.142. The number of nitrogens with one attached hydrogen (secondary N) is 2. The largest absolute Gasteiger partial charge is 0.496 e. The van der Waals surface area contributed by atoms with Gasteiger partial charge in [0.1, 0.15) is 11.6 Å². The number of carbonyl (C=O) groups is 2. The maximum absolute atomic E-state index is 13.4. The Morgan fingerprint density at radius 1 is 1.14 bits per heavy atom. The number of halogens is 4. The molecule has 29 heavy (non-hydrogen) atoms. The van der Waals surface area contributed by atoms with Gasteiger partial charge in [-0.25, -0.2) is 4.39 Å². The number of carbonyl (C=O) groups excluding carboxylic acids is 2. The molecule has 0 saturated carbocycles. The van der Waals surface area contributed by atoms with Crippen LogP contribution in [-0.4, -0.2) is 25.1 Å². The van der Waals surface area contributed by atoms with Gasteiger partial charge in [-0.2, -0.15) is 13.2 Å². The summed E-state index contributed by atoms with van der Waals surface area (Å²) in [6, 6.07) is 7.86. The average molecular weight is 413 g/mol. The third kappa shape index (κ3) is 6.66. The topological polar surface area (TPSA) is 93.5 Å². The van der Waals surface area contributed by atoms with Gasteiger partial charge in [0.15, 0.2) is 0 Å². The van der Waals surface area contributed by atoms with Crippen molar-refractivity contribution >= 4 is 23.2 Å². The Morgan fingerprint density at radius 3 is 2.48 bits per heavy atom. The Kier molecular flexibility index (Phi) is 7.03. The van der Waals surface area contributed by atoms with Crippen molar-refractivity contribution in [1.29, 1.82) is 0 Å². The lowest BCUT2D eigenvalue weighted by Gasteiger charge is -2.12. The first kappa shape index (κ1) is 22.0. The van der Waals surface area contributed by atoms with Crippen LogP contribution < -0.4 is 21.1 Å². The second kappa shape index (κ2) is 9.26. The molecule has 0 radical (unpaired) electrons. The zero-order valence-corrected chi connectivity index (χ0v) is 15.4. The van der Waals surface area contributed by atoms with Crippen molar-refractivity contribution in [2.24, 2.45) is 0 Å². The molecule has 0 aliphatic carbocycles. The summed E-state index contributed by atoms with van der Waals surface area (Å²) in [7, 11) is 1.35. The molecule has 2 amide bonds. The summed E-state index contributed by atoms with van der Waals surface area (Å²) < 4.78 is 54.9. The summed E-state index contributed by atoms with van der Waals surface area (Å²) in [5, 5.41) is 4.91. The molecule has 2 aromatic rings. The first-order valence-corrected chi connectivity index (χ1v) is 8.46. The molecule has 0 aliphatic heterocycles. The van der Waals surface area contributed by atoms with Gasteiger partial charge in [0.25, 0.3) is 5.91 Å². The Balaban J connectivity index is 1.98. The summed E-state index contributed by atoms with van der Waals surface area (Å²) in [4.78, 5) is 23.8. The highest BCUT2D eigenvalue weighted by Gasteiger charge is 2.27. The van der Waals surface area contributed by atoms with Crippen LogP contribution in [-0.2, 0) is 11.3 Å². The molecule has 0 unspecified atom stereocenters. The average Bonchev–Trinajstić information content (AvgIpc) is 2.65. The SMILES string of the molecule is COc1ccc(F)cc1C(=O)NCc1ccc(NC(=O)CCC(F)(F)F)cc1N. The van der Waals surface area contributed by atoms with E-state index in [-0.39, 0.29) is 29.2 Å². The summed E-state index contributed by atoms with van der Waals surface area (Å²) in [6.45, 7) is 0.00658. The van der Waals surface area contributed by atoms with Crippen LogP contribution in [0.25, 0.3) is 0 Å². The van der Waals surface area contributed by atoms with Gasteiger partial charge in [-0.1, -0.05) is 6.07 Å². The summed E-state index contributed by atoms with van der Waals surface area (Å²) in [5.41, 5.74) is 6.84. The van der Waals surface area contributed by atoms with Crippen molar-refractivity contribution in [3.05, 3.63) is 53.3 Å². The molecule has 0 heterocycles. The Bertz CT molecular complexity index is 901. The van der Waals surface area contributed by atoms with E-state index in [1.54, 1.807) is 0 Å². The monoisotopic (exact) mass is 413 g/mol. The van der Waals surface area contributed by atoms with Gasteiger partial charge in [-0.05, 0) is 35.9 Å². The molecule has 2 rings (SSSR count). The minimum Gasteiger partial charge on any atom is -0.496 e. The first-order chi connectivity index (χ1) is 13.6. The molecule has 0 fully saturated rings. The van der Waals surface area contributed by atoms with Crippen molar-refractivity contribution in [1.82, 2.24) is 5.32 Å². The Morgan fingerprint density at radius 2 is 1.86 bits per heavy atom. The second-order valence-corrected chi connectivity index (χ2v) is 6.10. The van der Waals surface area contributed by atoms with Crippen LogP contribution in [0.4, 0.5) is 28.9 Å². The van der Waals surface area contributed by atoms with Crippen LogP contribution in [0.2, 0.25) is 0 Å². The van der Waals surface area contributed by atoms with E-state index in [9.17, 15) is 27.2 Å². The Labute approximate surface area is 164 Å².